The summed E-state index contributed by atoms with van der Waals surface area (Å²) < 4.78 is 13.3. The van der Waals surface area contributed by atoms with Crippen molar-refractivity contribution in [3.8, 4) is 0 Å². The van der Waals surface area contributed by atoms with Crippen LogP contribution in [0.25, 0.3) is 0 Å². The van der Waals surface area contributed by atoms with Gasteiger partial charge in [-0.3, -0.25) is 0 Å². The second-order valence-electron chi connectivity index (χ2n) is 3.92. The van der Waals surface area contributed by atoms with Gasteiger partial charge in [0.2, 0.25) is 0 Å². The van der Waals surface area contributed by atoms with Crippen LogP contribution in [0.4, 0.5) is 4.39 Å². The molecule has 2 heteroatoms. The van der Waals surface area contributed by atoms with E-state index >= 15 is 0 Å². The van der Waals surface area contributed by atoms with E-state index < -0.39 is 5.67 Å². The zero-order valence-electron chi connectivity index (χ0n) is 8.18. The molecule has 1 nitrogen and oxygen atoms in total. The van der Waals surface area contributed by atoms with Crippen molar-refractivity contribution in [2.75, 3.05) is 0 Å². The van der Waals surface area contributed by atoms with Crippen LogP contribution >= 0.6 is 0 Å². The van der Waals surface area contributed by atoms with Gasteiger partial charge in [0, 0.05) is 13.0 Å². The lowest BCUT2D eigenvalue weighted by Gasteiger charge is -2.14. The summed E-state index contributed by atoms with van der Waals surface area (Å²) in [6.45, 7) is 3.69. The minimum absolute atomic E-state index is 0.445. The molecule has 0 atom stereocenters. The fourth-order valence-corrected chi connectivity index (χ4v) is 1.35. The van der Waals surface area contributed by atoms with Gasteiger partial charge in [0.1, 0.15) is 5.67 Å². The van der Waals surface area contributed by atoms with Crippen LogP contribution in [0.3, 0.4) is 0 Å². The average Bonchev–Trinajstić information content (AvgIpc) is 2.01. The van der Waals surface area contributed by atoms with E-state index in [9.17, 15) is 4.39 Å². The molecule has 0 unspecified atom stereocenters. The third kappa shape index (κ3) is 3.55. The van der Waals surface area contributed by atoms with Gasteiger partial charge in [-0.25, -0.2) is 4.39 Å². The number of hydrogen-bond donors (Lipinski definition) is 1. The van der Waals surface area contributed by atoms with Gasteiger partial charge in [-0.1, -0.05) is 24.3 Å². The Morgan fingerprint density at radius 2 is 1.92 bits per heavy atom. The second kappa shape index (κ2) is 3.88. The highest BCUT2D eigenvalue weighted by atomic mass is 19.1. The maximum atomic E-state index is 13.3. The summed E-state index contributed by atoms with van der Waals surface area (Å²) in [5, 5.41) is 0. The topological polar surface area (TPSA) is 26.0 Å². The SMILES string of the molecule is CC(C)(F)Cc1cccc(CN)c1. The lowest BCUT2D eigenvalue weighted by atomic mass is 9.99. The monoisotopic (exact) mass is 181 g/mol. The predicted molar refractivity (Wildman–Crippen MR) is 53.2 cm³/mol. The molecule has 0 aliphatic rings. The Hall–Kier alpha value is -0.890. The lowest BCUT2D eigenvalue weighted by molar-refractivity contribution is 0.217. The third-order valence-corrected chi connectivity index (χ3v) is 1.85. The summed E-state index contributed by atoms with van der Waals surface area (Å²) in [6.07, 6.45) is 0.445. The molecular weight excluding hydrogens is 165 g/mol. The van der Waals surface area contributed by atoms with E-state index in [-0.39, 0.29) is 0 Å². The Kier molecular flexibility index (Phi) is 3.04. The number of halogens is 1. The van der Waals surface area contributed by atoms with E-state index in [1.54, 1.807) is 13.8 Å². The molecule has 1 aromatic carbocycles. The van der Waals surface area contributed by atoms with Crippen molar-refractivity contribution < 1.29 is 4.39 Å². The van der Waals surface area contributed by atoms with Crippen molar-refractivity contribution in [1.29, 1.82) is 0 Å². The zero-order chi connectivity index (χ0) is 9.90. The Morgan fingerprint density at radius 3 is 2.46 bits per heavy atom. The third-order valence-electron chi connectivity index (χ3n) is 1.85. The molecule has 0 aliphatic carbocycles. The number of rotatable bonds is 3. The van der Waals surface area contributed by atoms with Crippen molar-refractivity contribution in [2.24, 2.45) is 5.73 Å². The van der Waals surface area contributed by atoms with Crippen LogP contribution < -0.4 is 5.73 Å². The van der Waals surface area contributed by atoms with E-state index in [0.29, 0.717) is 13.0 Å². The molecule has 0 amide bonds. The van der Waals surface area contributed by atoms with E-state index in [0.717, 1.165) is 11.1 Å². The summed E-state index contributed by atoms with van der Waals surface area (Å²) in [6, 6.07) is 7.76. The molecule has 0 bridgehead atoms. The van der Waals surface area contributed by atoms with Crippen molar-refractivity contribution in [3.05, 3.63) is 35.4 Å². The van der Waals surface area contributed by atoms with E-state index in [2.05, 4.69) is 0 Å². The maximum Gasteiger partial charge on any atom is 0.109 e. The van der Waals surface area contributed by atoms with Crippen molar-refractivity contribution >= 4 is 0 Å². The Balaban J connectivity index is 2.78. The fraction of sp³-hybridized carbons (Fsp3) is 0.455. The van der Waals surface area contributed by atoms with Gasteiger partial charge < -0.3 is 5.73 Å². The zero-order valence-corrected chi connectivity index (χ0v) is 8.18. The fourth-order valence-electron chi connectivity index (χ4n) is 1.35. The highest BCUT2D eigenvalue weighted by molar-refractivity contribution is 5.24. The standard InChI is InChI=1S/C11H16FN/c1-11(2,12)7-9-4-3-5-10(6-9)8-13/h3-6H,7-8,13H2,1-2H3. The largest absolute Gasteiger partial charge is 0.326 e. The van der Waals surface area contributed by atoms with Gasteiger partial charge in [-0.05, 0) is 25.0 Å². The molecule has 1 rings (SSSR count). The van der Waals surface area contributed by atoms with Gasteiger partial charge in [-0.15, -0.1) is 0 Å². The highest BCUT2D eigenvalue weighted by Gasteiger charge is 2.15. The van der Waals surface area contributed by atoms with Crippen LogP contribution in [0, 0.1) is 0 Å². The summed E-state index contributed by atoms with van der Waals surface area (Å²) in [5.74, 6) is 0. The summed E-state index contributed by atoms with van der Waals surface area (Å²) >= 11 is 0. The molecular formula is C11H16FN. The minimum atomic E-state index is -1.15. The number of benzene rings is 1. The van der Waals surface area contributed by atoms with Crippen LogP contribution in [-0.2, 0) is 13.0 Å². The first-order chi connectivity index (χ1) is 6.01. The first-order valence-corrected chi connectivity index (χ1v) is 4.48. The summed E-state index contributed by atoms with van der Waals surface area (Å²) in [7, 11) is 0. The molecule has 2 N–H and O–H groups in total. The van der Waals surface area contributed by atoms with Crippen molar-refractivity contribution in [3.63, 3.8) is 0 Å². The van der Waals surface area contributed by atoms with Crippen LogP contribution in [-0.4, -0.2) is 5.67 Å². The van der Waals surface area contributed by atoms with Crippen LogP contribution in [0.2, 0.25) is 0 Å². The molecule has 0 aromatic heterocycles. The second-order valence-corrected chi connectivity index (χ2v) is 3.92. The van der Waals surface area contributed by atoms with Crippen LogP contribution in [0.1, 0.15) is 25.0 Å². The van der Waals surface area contributed by atoms with Crippen LogP contribution in [0.15, 0.2) is 24.3 Å². The molecule has 0 spiro atoms. The van der Waals surface area contributed by atoms with Gasteiger partial charge in [-0.2, -0.15) is 0 Å². The van der Waals surface area contributed by atoms with Gasteiger partial charge in [0.25, 0.3) is 0 Å². The Labute approximate surface area is 78.8 Å². The normalized spacial score (nSPS) is 11.7. The van der Waals surface area contributed by atoms with Gasteiger partial charge in [0.15, 0.2) is 0 Å². The molecule has 1 aromatic rings. The molecule has 0 aliphatic heterocycles. The summed E-state index contributed by atoms with van der Waals surface area (Å²) in [5.41, 5.74) is 6.41. The number of hydrogen-bond acceptors (Lipinski definition) is 1. The van der Waals surface area contributed by atoms with Crippen molar-refractivity contribution in [2.45, 2.75) is 32.5 Å². The molecule has 0 fully saturated rings. The predicted octanol–water partition coefficient (Wildman–Crippen LogP) is 2.44. The minimum Gasteiger partial charge on any atom is -0.326 e. The summed E-state index contributed by atoms with van der Waals surface area (Å²) in [4.78, 5) is 0. The maximum absolute atomic E-state index is 13.3. The molecule has 0 saturated heterocycles. The average molecular weight is 181 g/mol. The molecule has 0 radical (unpaired) electrons. The van der Waals surface area contributed by atoms with E-state index in [1.165, 1.54) is 0 Å². The first-order valence-electron chi connectivity index (χ1n) is 4.48. The molecule has 72 valence electrons. The Morgan fingerprint density at radius 1 is 1.31 bits per heavy atom. The highest BCUT2D eigenvalue weighted by Crippen LogP contribution is 2.17. The van der Waals surface area contributed by atoms with E-state index in [1.807, 2.05) is 24.3 Å². The Bertz CT molecular complexity index is 276. The van der Waals surface area contributed by atoms with Crippen molar-refractivity contribution in [1.82, 2.24) is 0 Å². The first kappa shape index (κ1) is 10.2. The lowest BCUT2D eigenvalue weighted by Crippen LogP contribution is -2.15. The molecule has 0 saturated carbocycles. The smallest absolute Gasteiger partial charge is 0.109 e. The van der Waals surface area contributed by atoms with Gasteiger partial charge in [0.05, 0.1) is 0 Å². The molecule has 13 heavy (non-hydrogen) atoms. The van der Waals surface area contributed by atoms with Gasteiger partial charge >= 0.3 is 0 Å². The van der Waals surface area contributed by atoms with E-state index in [4.69, 9.17) is 5.73 Å². The number of nitrogens with two attached hydrogens (primary N) is 1. The number of alkyl halides is 1. The quantitative estimate of drug-likeness (QED) is 0.761. The van der Waals surface area contributed by atoms with Crippen LogP contribution in [0.5, 0.6) is 0 Å². The molecule has 0 heterocycles.